The van der Waals surface area contributed by atoms with Crippen LogP contribution in [0.15, 0.2) is 88.9 Å². The average molecular weight is 638 g/mol. The van der Waals surface area contributed by atoms with Crippen molar-refractivity contribution in [1.29, 1.82) is 0 Å². The summed E-state index contributed by atoms with van der Waals surface area (Å²) in [6.07, 6.45) is -0.153. The quantitative estimate of drug-likeness (QED) is 0.144. The molecule has 0 aliphatic carbocycles. The Morgan fingerprint density at radius 2 is 1.89 bits per heavy atom. The van der Waals surface area contributed by atoms with Crippen molar-refractivity contribution in [3.05, 3.63) is 95.7 Å². The maximum atomic E-state index is 14.9. The summed E-state index contributed by atoms with van der Waals surface area (Å²) in [5, 5.41) is 8.62. The molecule has 3 aromatic carbocycles. The Labute approximate surface area is 258 Å². The Morgan fingerprint density at radius 1 is 1.11 bits per heavy atom. The topological polar surface area (TPSA) is 106 Å². The number of hydrogen-bond acceptors (Lipinski definition) is 7. The number of benzene rings is 3. The van der Waals surface area contributed by atoms with Crippen LogP contribution in [0, 0.1) is 5.82 Å². The zero-order valence-electron chi connectivity index (χ0n) is 23.6. The minimum Gasteiger partial charge on any atom is -0.497 e. The van der Waals surface area contributed by atoms with Crippen molar-refractivity contribution in [3.63, 3.8) is 0 Å². The number of carbonyl (C=O) groups excluding carboxylic acids is 1. The molecule has 0 spiro atoms. The van der Waals surface area contributed by atoms with E-state index in [1.807, 2.05) is 23.1 Å². The molecule has 10 nitrogen and oxygen atoms in total. The fourth-order valence-corrected chi connectivity index (χ4v) is 5.82. The molecule has 1 fully saturated rings. The number of fused-ring (bicyclic) bond motifs is 3. The maximum absolute atomic E-state index is 14.9. The summed E-state index contributed by atoms with van der Waals surface area (Å²) in [6, 6.07) is 14.4. The van der Waals surface area contributed by atoms with Gasteiger partial charge in [-0.15, -0.1) is 18.3 Å². The Bertz CT molecular complexity index is 1850. The van der Waals surface area contributed by atoms with Gasteiger partial charge in [-0.1, -0.05) is 36.9 Å². The smallest absolute Gasteiger partial charge is 0.497 e. The lowest BCUT2D eigenvalue weighted by Gasteiger charge is -2.30. The molecule has 1 unspecified atom stereocenters. The van der Waals surface area contributed by atoms with E-state index in [1.165, 1.54) is 47.0 Å². The van der Waals surface area contributed by atoms with Crippen LogP contribution in [0.1, 0.15) is 24.0 Å². The number of aromatic nitrogens is 3. The highest BCUT2D eigenvalue weighted by Gasteiger charge is 2.34. The number of nitrogens with zero attached hydrogens (tertiary/aromatic N) is 6. The molecule has 1 saturated heterocycles. The van der Waals surface area contributed by atoms with Crippen LogP contribution < -0.4 is 19.8 Å². The highest BCUT2D eigenvalue weighted by Crippen LogP contribution is 2.44. The minimum absolute atomic E-state index is 0.0953. The summed E-state index contributed by atoms with van der Waals surface area (Å²) >= 11 is 1.42. The van der Waals surface area contributed by atoms with E-state index >= 15 is 0 Å². The average Bonchev–Trinajstić information content (AvgIpc) is 3.65. The van der Waals surface area contributed by atoms with Crippen LogP contribution in [0.3, 0.4) is 0 Å². The first-order valence-corrected chi connectivity index (χ1v) is 14.4. The first-order chi connectivity index (χ1) is 21.6. The summed E-state index contributed by atoms with van der Waals surface area (Å²) < 4.78 is 62.7. The standard InChI is InChI=1S/C30H23F4N7O3S/c1-17-11-21-15-45-29(41(21)26-13-23(43-2)9-10-24(17)26)37-28(42)38-36-14-19-4-3-18(12-25(19)31)27-35-16-40(39-27)20-5-7-22(8-6-20)44-30(32,33)34/h3-14,16-17H,15H2,1-2H3,(H,38,42)/b36-14+,37-29-. The normalized spacial score (nSPS) is 16.8. The summed E-state index contributed by atoms with van der Waals surface area (Å²) in [5.41, 5.74) is 6.20. The van der Waals surface area contributed by atoms with Crippen molar-refractivity contribution < 1.29 is 31.8 Å². The van der Waals surface area contributed by atoms with Crippen LogP contribution in [-0.4, -0.2) is 51.4 Å². The molecular weight excluding hydrogens is 614 g/mol. The highest BCUT2D eigenvalue weighted by atomic mass is 32.2. The molecule has 4 aromatic rings. The second-order valence-electron chi connectivity index (χ2n) is 9.86. The van der Waals surface area contributed by atoms with Crippen LogP contribution in [0.4, 0.5) is 28.0 Å². The van der Waals surface area contributed by atoms with E-state index in [2.05, 4.69) is 43.3 Å². The number of methoxy groups -OCH3 is 1. The lowest BCUT2D eigenvalue weighted by Crippen LogP contribution is -2.28. The van der Waals surface area contributed by atoms with Gasteiger partial charge in [-0.25, -0.2) is 24.3 Å². The van der Waals surface area contributed by atoms with Crippen LogP contribution in [0.5, 0.6) is 11.5 Å². The molecule has 3 heterocycles. The SMILES string of the molecule is COc1ccc2c(c1)N1C(=CC2C)CS/C1=N\C(=O)N/N=C/c1ccc(-c2ncn(-c3ccc(OC(F)(F)F)cc3)n2)cc1F. The molecule has 0 radical (unpaired) electrons. The van der Waals surface area contributed by atoms with Gasteiger partial charge in [-0.05, 0) is 48.0 Å². The van der Waals surface area contributed by atoms with Gasteiger partial charge in [0.2, 0.25) is 0 Å². The summed E-state index contributed by atoms with van der Waals surface area (Å²) in [5.74, 6) is 0.719. The van der Waals surface area contributed by atoms with Crippen LogP contribution in [0.25, 0.3) is 17.1 Å². The number of aliphatic imine (C=N–C) groups is 1. The number of thioether (sulfide) groups is 1. The molecule has 230 valence electrons. The summed E-state index contributed by atoms with van der Waals surface area (Å²) in [4.78, 5) is 22.9. The van der Waals surface area contributed by atoms with E-state index in [1.54, 1.807) is 13.2 Å². The van der Waals surface area contributed by atoms with Gasteiger partial charge in [0, 0.05) is 34.6 Å². The first-order valence-electron chi connectivity index (χ1n) is 13.4. The predicted molar refractivity (Wildman–Crippen MR) is 161 cm³/mol. The Balaban J connectivity index is 1.11. The molecule has 2 amide bonds. The number of amides is 2. The van der Waals surface area contributed by atoms with Gasteiger partial charge in [-0.3, -0.25) is 4.90 Å². The Hall–Kier alpha value is -5.18. The van der Waals surface area contributed by atoms with Crippen molar-refractivity contribution in [2.45, 2.75) is 19.2 Å². The van der Waals surface area contributed by atoms with E-state index in [9.17, 15) is 22.4 Å². The summed E-state index contributed by atoms with van der Waals surface area (Å²) in [7, 11) is 1.59. The monoisotopic (exact) mass is 637 g/mol. The molecule has 1 N–H and O–H groups in total. The zero-order chi connectivity index (χ0) is 31.7. The third-order valence-electron chi connectivity index (χ3n) is 6.89. The molecule has 1 atom stereocenters. The molecule has 0 bridgehead atoms. The number of allylic oxidation sites excluding steroid dienone is 1. The van der Waals surface area contributed by atoms with E-state index in [0.717, 1.165) is 35.3 Å². The van der Waals surface area contributed by atoms with Gasteiger partial charge in [-0.2, -0.15) is 10.1 Å². The molecule has 6 rings (SSSR count). The van der Waals surface area contributed by atoms with Crippen LogP contribution in [0.2, 0.25) is 0 Å². The molecule has 2 aliphatic heterocycles. The Morgan fingerprint density at radius 3 is 2.62 bits per heavy atom. The second kappa shape index (κ2) is 12.1. The zero-order valence-corrected chi connectivity index (χ0v) is 24.4. The number of amidine groups is 1. The number of alkyl halides is 3. The number of ether oxygens (including phenoxy) is 2. The van der Waals surface area contributed by atoms with Gasteiger partial charge in [0.1, 0.15) is 23.6 Å². The minimum atomic E-state index is -4.80. The van der Waals surface area contributed by atoms with Gasteiger partial charge in [0.05, 0.1) is 24.7 Å². The van der Waals surface area contributed by atoms with E-state index < -0.39 is 18.2 Å². The molecule has 15 heteroatoms. The number of halogens is 4. The van der Waals surface area contributed by atoms with Gasteiger partial charge in [0.25, 0.3) is 0 Å². The van der Waals surface area contributed by atoms with Gasteiger partial charge < -0.3 is 9.47 Å². The number of rotatable bonds is 6. The fraction of sp³-hybridized carbons (Fsp3) is 0.167. The maximum Gasteiger partial charge on any atom is 0.573 e. The number of anilines is 1. The predicted octanol–water partition coefficient (Wildman–Crippen LogP) is 6.63. The molecule has 2 aliphatic rings. The fourth-order valence-electron chi connectivity index (χ4n) is 4.82. The van der Waals surface area contributed by atoms with Crippen LogP contribution >= 0.6 is 11.8 Å². The van der Waals surface area contributed by atoms with E-state index in [4.69, 9.17) is 4.74 Å². The Kier molecular flexibility index (Phi) is 8.01. The number of hydrogen-bond donors (Lipinski definition) is 1. The lowest BCUT2D eigenvalue weighted by molar-refractivity contribution is -0.274. The molecule has 45 heavy (non-hydrogen) atoms. The third-order valence-corrected chi connectivity index (χ3v) is 7.86. The van der Waals surface area contributed by atoms with Crippen molar-refractivity contribution in [1.82, 2.24) is 20.2 Å². The first kappa shape index (κ1) is 29.9. The van der Waals surface area contributed by atoms with E-state index in [0.29, 0.717) is 27.9 Å². The van der Waals surface area contributed by atoms with Gasteiger partial charge in [0.15, 0.2) is 11.0 Å². The van der Waals surface area contributed by atoms with Gasteiger partial charge >= 0.3 is 12.4 Å². The molecule has 0 saturated carbocycles. The van der Waals surface area contributed by atoms with Crippen molar-refractivity contribution in [2.24, 2.45) is 10.1 Å². The largest absolute Gasteiger partial charge is 0.573 e. The van der Waals surface area contributed by atoms with Crippen LogP contribution in [-0.2, 0) is 0 Å². The lowest BCUT2D eigenvalue weighted by atomic mass is 9.94. The highest BCUT2D eigenvalue weighted by molar-refractivity contribution is 8.14. The molecular formula is C30H23F4N7O3S. The van der Waals surface area contributed by atoms with Crippen molar-refractivity contribution >= 4 is 34.9 Å². The van der Waals surface area contributed by atoms with E-state index in [-0.39, 0.29) is 23.1 Å². The molecule has 1 aromatic heterocycles. The third kappa shape index (κ3) is 6.52. The van der Waals surface area contributed by atoms with Crippen molar-refractivity contribution in [3.8, 4) is 28.6 Å². The number of hydrazone groups is 1. The number of carbonyl (C=O) groups is 1. The second-order valence-corrected chi connectivity index (χ2v) is 10.8. The number of urea groups is 1. The van der Waals surface area contributed by atoms with Crippen molar-refractivity contribution in [2.75, 3.05) is 17.8 Å². The number of nitrogens with one attached hydrogen (secondary N) is 1. The summed E-state index contributed by atoms with van der Waals surface area (Å²) in [6.45, 7) is 2.11.